The highest BCUT2D eigenvalue weighted by Crippen LogP contribution is 2.25. The lowest BCUT2D eigenvalue weighted by molar-refractivity contribution is 0.470. The number of hydrogen-bond donors (Lipinski definition) is 1. The molecule has 24 heavy (non-hydrogen) atoms. The van der Waals surface area contributed by atoms with Crippen molar-refractivity contribution in [3.8, 4) is 5.75 Å². The largest absolute Gasteiger partial charge is 0.507 e. The van der Waals surface area contributed by atoms with E-state index in [2.05, 4.69) is 26.0 Å². The van der Waals surface area contributed by atoms with Crippen molar-refractivity contribution in [3.05, 3.63) is 68.2 Å². The summed E-state index contributed by atoms with van der Waals surface area (Å²) >= 11 is 3.39. The maximum Gasteiger partial charge on any atom is 0.282 e. The van der Waals surface area contributed by atoms with E-state index in [1.54, 1.807) is 25.1 Å². The van der Waals surface area contributed by atoms with Gasteiger partial charge in [0.05, 0.1) is 17.1 Å². The summed E-state index contributed by atoms with van der Waals surface area (Å²) in [5, 5.41) is 14.9. The number of rotatable bonds is 3. The number of aromatic nitrogens is 2. The Morgan fingerprint density at radius 2 is 2.08 bits per heavy atom. The third kappa shape index (κ3) is 2.97. The minimum atomic E-state index is -0.222. The molecule has 0 fully saturated rings. The first-order chi connectivity index (χ1) is 11.5. The molecule has 122 valence electrons. The second-order valence-electron chi connectivity index (χ2n) is 5.42. The summed E-state index contributed by atoms with van der Waals surface area (Å²) in [6, 6.07) is 10.8. The van der Waals surface area contributed by atoms with Crippen LogP contribution in [0.3, 0.4) is 0 Å². The molecule has 0 unspecified atom stereocenters. The van der Waals surface area contributed by atoms with Crippen molar-refractivity contribution >= 4 is 33.0 Å². The van der Waals surface area contributed by atoms with Crippen molar-refractivity contribution in [3.63, 3.8) is 0 Å². The number of nitrogens with zero attached hydrogens (tertiary/aromatic N) is 3. The fraction of sp³-hybridized carbons (Fsp3) is 0.167. The number of para-hydroxylation sites is 1. The summed E-state index contributed by atoms with van der Waals surface area (Å²) < 4.78 is 2.12. The molecule has 0 atom stereocenters. The smallest absolute Gasteiger partial charge is 0.282 e. The van der Waals surface area contributed by atoms with Gasteiger partial charge in [-0.15, -0.1) is 0 Å². The van der Waals surface area contributed by atoms with Crippen LogP contribution in [0.25, 0.3) is 10.9 Å². The van der Waals surface area contributed by atoms with Crippen molar-refractivity contribution in [1.29, 1.82) is 0 Å². The summed E-state index contributed by atoms with van der Waals surface area (Å²) in [5.74, 6) is 0.711. The van der Waals surface area contributed by atoms with E-state index in [1.165, 1.54) is 10.9 Å². The van der Waals surface area contributed by atoms with E-state index in [9.17, 15) is 9.90 Å². The molecule has 0 aliphatic heterocycles. The summed E-state index contributed by atoms with van der Waals surface area (Å²) in [5.41, 5.74) is 1.70. The van der Waals surface area contributed by atoms with Crippen LogP contribution >= 0.6 is 15.9 Å². The number of halogens is 1. The first-order valence-electron chi connectivity index (χ1n) is 7.55. The van der Waals surface area contributed by atoms with Crippen LogP contribution in [0.5, 0.6) is 5.75 Å². The van der Waals surface area contributed by atoms with Crippen LogP contribution < -0.4 is 5.56 Å². The Morgan fingerprint density at radius 3 is 2.83 bits per heavy atom. The SMILES string of the molecule is CCc1nc2ccccc2c(=O)n1N=Cc1cc(Br)cc(C)c1O. The second-order valence-corrected chi connectivity index (χ2v) is 6.34. The molecule has 0 radical (unpaired) electrons. The van der Waals surface area contributed by atoms with E-state index in [0.29, 0.717) is 28.7 Å². The van der Waals surface area contributed by atoms with Gasteiger partial charge in [0.2, 0.25) is 0 Å². The standard InChI is InChI=1S/C18H16BrN3O2/c1-3-16-21-15-7-5-4-6-14(15)18(24)22(16)20-10-12-9-13(19)8-11(2)17(12)23/h4-10,23H,3H2,1-2H3. The van der Waals surface area contributed by atoms with Gasteiger partial charge in [-0.05, 0) is 36.8 Å². The normalized spacial score (nSPS) is 11.5. The molecule has 0 amide bonds. The van der Waals surface area contributed by atoms with Crippen LogP contribution in [0.4, 0.5) is 0 Å². The Morgan fingerprint density at radius 1 is 1.33 bits per heavy atom. The van der Waals surface area contributed by atoms with Crippen LogP contribution in [0.1, 0.15) is 23.9 Å². The number of aromatic hydroxyl groups is 1. The van der Waals surface area contributed by atoms with E-state index in [-0.39, 0.29) is 11.3 Å². The quantitative estimate of drug-likeness (QED) is 0.700. The lowest BCUT2D eigenvalue weighted by atomic mass is 10.1. The Balaban J connectivity index is 2.17. The highest BCUT2D eigenvalue weighted by molar-refractivity contribution is 9.10. The summed E-state index contributed by atoms with van der Waals surface area (Å²) in [7, 11) is 0. The number of hydrogen-bond acceptors (Lipinski definition) is 4. The lowest BCUT2D eigenvalue weighted by Crippen LogP contribution is -2.22. The van der Waals surface area contributed by atoms with Gasteiger partial charge in [0.1, 0.15) is 11.6 Å². The number of phenols is 1. The van der Waals surface area contributed by atoms with Gasteiger partial charge >= 0.3 is 0 Å². The van der Waals surface area contributed by atoms with E-state index < -0.39 is 0 Å². The van der Waals surface area contributed by atoms with Crippen molar-refractivity contribution in [1.82, 2.24) is 9.66 Å². The van der Waals surface area contributed by atoms with E-state index in [0.717, 1.165) is 10.0 Å². The van der Waals surface area contributed by atoms with Crippen molar-refractivity contribution in [2.24, 2.45) is 5.10 Å². The molecule has 1 heterocycles. The van der Waals surface area contributed by atoms with Gasteiger partial charge in [-0.2, -0.15) is 9.78 Å². The van der Waals surface area contributed by atoms with Crippen LogP contribution in [0, 0.1) is 6.92 Å². The zero-order valence-electron chi connectivity index (χ0n) is 13.3. The number of benzene rings is 2. The fourth-order valence-corrected chi connectivity index (χ4v) is 3.09. The van der Waals surface area contributed by atoms with Gasteiger partial charge in [-0.25, -0.2) is 4.98 Å². The molecule has 0 aliphatic rings. The van der Waals surface area contributed by atoms with Gasteiger partial charge in [-0.1, -0.05) is 35.0 Å². The average molecular weight is 386 g/mol. The van der Waals surface area contributed by atoms with Gasteiger partial charge in [-0.3, -0.25) is 4.79 Å². The lowest BCUT2D eigenvalue weighted by Gasteiger charge is -2.08. The average Bonchev–Trinajstić information content (AvgIpc) is 2.57. The fourth-order valence-electron chi connectivity index (χ4n) is 2.50. The molecule has 3 aromatic rings. The topological polar surface area (TPSA) is 67.5 Å². The van der Waals surface area contributed by atoms with Gasteiger partial charge in [0, 0.05) is 16.5 Å². The predicted octanol–water partition coefficient (Wildman–Crippen LogP) is 3.62. The minimum Gasteiger partial charge on any atom is -0.507 e. The Bertz CT molecular complexity index is 1010. The maximum atomic E-state index is 12.7. The second kappa shape index (κ2) is 6.57. The predicted molar refractivity (Wildman–Crippen MR) is 98.9 cm³/mol. The van der Waals surface area contributed by atoms with Crippen molar-refractivity contribution in [2.75, 3.05) is 0 Å². The molecule has 1 N–H and O–H groups in total. The van der Waals surface area contributed by atoms with E-state index in [4.69, 9.17) is 0 Å². The molecular formula is C18H16BrN3O2. The first kappa shape index (κ1) is 16.4. The maximum absolute atomic E-state index is 12.7. The molecule has 0 aliphatic carbocycles. The Kier molecular flexibility index (Phi) is 4.49. The number of fused-ring (bicyclic) bond motifs is 1. The minimum absolute atomic E-state index is 0.141. The zero-order chi connectivity index (χ0) is 17.3. The van der Waals surface area contributed by atoms with E-state index in [1.807, 2.05) is 25.1 Å². The molecule has 5 nitrogen and oxygen atoms in total. The third-order valence-corrected chi connectivity index (χ3v) is 4.20. The summed E-state index contributed by atoms with van der Waals surface area (Å²) in [4.78, 5) is 17.2. The molecule has 2 aromatic carbocycles. The number of phenolic OH excluding ortho intramolecular Hbond substituents is 1. The summed E-state index contributed by atoms with van der Waals surface area (Å²) in [6.45, 7) is 3.72. The molecule has 6 heteroatoms. The molecule has 3 rings (SSSR count). The zero-order valence-corrected chi connectivity index (χ0v) is 14.9. The van der Waals surface area contributed by atoms with Crippen molar-refractivity contribution < 1.29 is 5.11 Å². The molecule has 0 spiro atoms. The third-order valence-electron chi connectivity index (χ3n) is 3.74. The van der Waals surface area contributed by atoms with E-state index >= 15 is 0 Å². The monoisotopic (exact) mass is 385 g/mol. The first-order valence-corrected chi connectivity index (χ1v) is 8.34. The molecular weight excluding hydrogens is 370 g/mol. The molecule has 1 aromatic heterocycles. The van der Waals surface area contributed by atoms with Crippen LogP contribution in [-0.4, -0.2) is 21.0 Å². The van der Waals surface area contributed by atoms with Crippen LogP contribution in [0.2, 0.25) is 0 Å². The summed E-state index contributed by atoms with van der Waals surface area (Å²) in [6.07, 6.45) is 2.05. The van der Waals surface area contributed by atoms with Gasteiger partial charge < -0.3 is 5.11 Å². The van der Waals surface area contributed by atoms with Crippen molar-refractivity contribution in [2.45, 2.75) is 20.3 Å². The Hall–Kier alpha value is -2.47. The molecule has 0 saturated carbocycles. The molecule has 0 saturated heterocycles. The van der Waals surface area contributed by atoms with Gasteiger partial charge in [0.25, 0.3) is 5.56 Å². The van der Waals surface area contributed by atoms with Crippen LogP contribution in [-0.2, 0) is 6.42 Å². The molecule has 0 bridgehead atoms. The highest BCUT2D eigenvalue weighted by Gasteiger charge is 2.09. The number of aryl methyl sites for hydroxylation is 2. The van der Waals surface area contributed by atoms with Crippen LogP contribution in [0.15, 0.2) is 50.8 Å². The Labute approximate surface area is 147 Å². The van der Waals surface area contributed by atoms with Gasteiger partial charge in [0.15, 0.2) is 0 Å². The highest BCUT2D eigenvalue weighted by atomic mass is 79.9.